The number of aliphatic hydroxyl groups excluding tert-OH is 1. The van der Waals surface area contributed by atoms with Crippen LogP contribution >= 0.6 is 0 Å². The Labute approximate surface area is 127 Å². The molecule has 114 valence electrons. The van der Waals surface area contributed by atoms with Gasteiger partial charge in [-0.05, 0) is 37.8 Å². The van der Waals surface area contributed by atoms with Crippen LogP contribution in [-0.2, 0) is 0 Å². The SMILES string of the molecule is Cc1ccc(-n2nccn2)c(C(=O)N2CC3CC(O)C2C3)n1. The summed E-state index contributed by atoms with van der Waals surface area (Å²) >= 11 is 0. The second-order valence-electron chi connectivity index (χ2n) is 6.07. The number of hydrogen-bond acceptors (Lipinski definition) is 5. The number of fused-ring (bicyclic) bond motifs is 2. The van der Waals surface area contributed by atoms with Crippen molar-refractivity contribution in [2.24, 2.45) is 5.92 Å². The molecule has 3 atom stereocenters. The molecule has 1 aliphatic carbocycles. The van der Waals surface area contributed by atoms with Crippen LogP contribution in [0.1, 0.15) is 29.0 Å². The predicted octanol–water partition coefficient (Wildman–Crippen LogP) is 0.566. The smallest absolute Gasteiger partial charge is 0.275 e. The van der Waals surface area contributed by atoms with Crippen molar-refractivity contribution in [2.75, 3.05) is 6.54 Å². The molecule has 22 heavy (non-hydrogen) atoms. The average Bonchev–Trinajstić information content (AvgIpc) is 3.22. The highest BCUT2D eigenvalue weighted by molar-refractivity contribution is 5.96. The number of aromatic nitrogens is 4. The maximum absolute atomic E-state index is 12.9. The largest absolute Gasteiger partial charge is 0.391 e. The zero-order valence-corrected chi connectivity index (χ0v) is 12.3. The van der Waals surface area contributed by atoms with Crippen LogP contribution in [0.2, 0.25) is 0 Å². The summed E-state index contributed by atoms with van der Waals surface area (Å²) in [6.45, 7) is 2.55. The monoisotopic (exact) mass is 299 g/mol. The fraction of sp³-hybridized carbons (Fsp3) is 0.467. The van der Waals surface area contributed by atoms with Crippen LogP contribution in [0.25, 0.3) is 5.69 Å². The van der Waals surface area contributed by atoms with Gasteiger partial charge in [0.15, 0.2) is 5.69 Å². The van der Waals surface area contributed by atoms with Gasteiger partial charge in [0.05, 0.1) is 24.5 Å². The highest BCUT2D eigenvalue weighted by atomic mass is 16.3. The molecule has 2 aliphatic rings. The lowest BCUT2D eigenvalue weighted by atomic mass is 10.1. The van der Waals surface area contributed by atoms with Gasteiger partial charge >= 0.3 is 0 Å². The van der Waals surface area contributed by atoms with Gasteiger partial charge in [0.1, 0.15) is 5.69 Å². The molecule has 1 N–H and O–H groups in total. The third-order valence-electron chi connectivity index (χ3n) is 4.56. The summed E-state index contributed by atoms with van der Waals surface area (Å²) in [4.78, 5) is 20.5. The van der Waals surface area contributed by atoms with Crippen LogP contribution in [0.5, 0.6) is 0 Å². The number of pyridine rings is 1. The molecular weight excluding hydrogens is 282 g/mol. The Morgan fingerprint density at radius 3 is 2.73 bits per heavy atom. The lowest BCUT2D eigenvalue weighted by molar-refractivity contribution is 0.0398. The molecule has 2 aromatic rings. The van der Waals surface area contributed by atoms with Crippen molar-refractivity contribution < 1.29 is 9.90 Å². The highest BCUT2D eigenvalue weighted by Gasteiger charge is 2.47. The zero-order valence-electron chi connectivity index (χ0n) is 12.3. The number of nitrogens with zero attached hydrogens (tertiary/aromatic N) is 5. The van der Waals surface area contributed by atoms with E-state index in [1.807, 2.05) is 13.0 Å². The van der Waals surface area contributed by atoms with E-state index in [9.17, 15) is 9.90 Å². The van der Waals surface area contributed by atoms with Crippen LogP contribution in [0.4, 0.5) is 0 Å². The number of hydrogen-bond donors (Lipinski definition) is 1. The highest BCUT2D eigenvalue weighted by Crippen LogP contribution is 2.38. The fourth-order valence-corrected chi connectivity index (χ4v) is 3.57. The lowest BCUT2D eigenvalue weighted by Gasteiger charge is -2.30. The van der Waals surface area contributed by atoms with Gasteiger partial charge in [0.2, 0.25) is 0 Å². The fourth-order valence-electron chi connectivity index (χ4n) is 3.57. The van der Waals surface area contributed by atoms with Gasteiger partial charge in [-0.2, -0.15) is 10.2 Å². The van der Waals surface area contributed by atoms with E-state index in [1.165, 1.54) is 4.80 Å². The number of aryl methyl sites for hydroxylation is 1. The zero-order chi connectivity index (χ0) is 15.3. The Morgan fingerprint density at radius 1 is 1.27 bits per heavy atom. The molecule has 1 amide bonds. The number of aliphatic hydroxyl groups is 1. The minimum atomic E-state index is -0.418. The molecule has 0 radical (unpaired) electrons. The molecule has 7 nitrogen and oxygen atoms in total. The van der Waals surface area contributed by atoms with E-state index >= 15 is 0 Å². The van der Waals surface area contributed by atoms with Gasteiger partial charge in [-0.3, -0.25) is 4.79 Å². The Morgan fingerprint density at radius 2 is 2.05 bits per heavy atom. The first-order valence-corrected chi connectivity index (χ1v) is 7.47. The van der Waals surface area contributed by atoms with Gasteiger partial charge in [0, 0.05) is 12.2 Å². The number of piperidine rings is 1. The molecule has 3 heterocycles. The molecule has 1 saturated heterocycles. The van der Waals surface area contributed by atoms with Crippen LogP contribution in [0.3, 0.4) is 0 Å². The van der Waals surface area contributed by atoms with Crippen LogP contribution in [0, 0.1) is 12.8 Å². The quantitative estimate of drug-likeness (QED) is 0.876. The van der Waals surface area contributed by atoms with Gasteiger partial charge < -0.3 is 10.0 Å². The number of rotatable bonds is 2. The van der Waals surface area contributed by atoms with E-state index < -0.39 is 6.10 Å². The lowest BCUT2D eigenvalue weighted by Crippen LogP contribution is -2.45. The van der Waals surface area contributed by atoms with Crippen LogP contribution in [0.15, 0.2) is 24.5 Å². The predicted molar refractivity (Wildman–Crippen MR) is 77.4 cm³/mol. The second-order valence-corrected chi connectivity index (χ2v) is 6.07. The van der Waals surface area contributed by atoms with Gasteiger partial charge in [-0.25, -0.2) is 4.98 Å². The van der Waals surface area contributed by atoms with Gasteiger partial charge in [0.25, 0.3) is 5.91 Å². The van der Waals surface area contributed by atoms with Crippen molar-refractivity contribution in [1.29, 1.82) is 0 Å². The summed E-state index contributed by atoms with van der Waals surface area (Å²) in [5.41, 5.74) is 1.68. The van der Waals surface area contributed by atoms with Gasteiger partial charge in [-0.15, -0.1) is 4.80 Å². The Hall–Kier alpha value is -2.28. The minimum absolute atomic E-state index is 0.0850. The Bertz CT molecular complexity index is 715. The first-order chi connectivity index (χ1) is 10.6. The summed E-state index contributed by atoms with van der Waals surface area (Å²) in [5.74, 6) is 0.252. The molecule has 2 bridgehead atoms. The minimum Gasteiger partial charge on any atom is -0.391 e. The van der Waals surface area contributed by atoms with E-state index in [0.29, 0.717) is 23.8 Å². The second kappa shape index (κ2) is 4.88. The average molecular weight is 299 g/mol. The molecule has 2 fully saturated rings. The van der Waals surface area contributed by atoms with Crippen molar-refractivity contribution in [3.8, 4) is 5.69 Å². The maximum atomic E-state index is 12.9. The summed E-state index contributed by atoms with van der Waals surface area (Å²) < 4.78 is 0. The van der Waals surface area contributed by atoms with Crippen LogP contribution in [-0.4, -0.2) is 54.6 Å². The third kappa shape index (κ3) is 2.00. The van der Waals surface area contributed by atoms with Crippen molar-refractivity contribution >= 4 is 5.91 Å². The summed E-state index contributed by atoms with van der Waals surface area (Å²) in [6, 6.07) is 3.55. The molecule has 1 saturated carbocycles. The van der Waals surface area contributed by atoms with E-state index in [1.54, 1.807) is 23.4 Å². The van der Waals surface area contributed by atoms with Gasteiger partial charge in [-0.1, -0.05) is 0 Å². The number of likely N-dealkylation sites (tertiary alicyclic amines) is 1. The molecule has 0 aromatic carbocycles. The van der Waals surface area contributed by atoms with E-state index in [2.05, 4.69) is 15.2 Å². The Kier molecular flexibility index (Phi) is 2.97. The first kappa shape index (κ1) is 13.4. The summed E-state index contributed by atoms with van der Waals surface area (Å²) in [5, 5.41) is 18.2. The standard InChI is InChI=1S/C15H17N5O2/c1-9-2-3-11(20-16-4-5-17-20)14(18-9)15(22)19-8-10-6-12(19)13(21)7-10/h2-5,10,12-13,21H,6-8H2,1H3. The topological polar surface area (TPSA) is 84.1 Å². The molecular formula is C15H17N5O2. The van der Waals surface area contributed by atoms with E-state index in [4.69, 9.17) is 0 Å². The molecule has 4 rings (SSSR count). The summed E-state index contributed by atoms with van der Waals surface area (Å²) in [6.07, 6.45) is 4.39. The van der Waals surface area contributed by atoms with E-state index in [0.717, 1.165) is 18.5 Å². The van der Waals surface area contributed by atoms with Crippen molar-refractivity contribution in [2.45, 2.75) is 31.9 Å². The third-order valence-corrected chi connectivity index (χ3v) is 4.56. The van der Waals surface area contributed by atoms with Crippen molar-refractivity contribution in [3.63, 3.8) is 0 Å². The molecule has 3 unspecified atom stereocenters. The number of amides is 1. The van der Waals surface area contributed by atoms with Crippen LogP contribution < -0.4 is 0 Å². The molecule has 7 heteroatoms. The van der Waals surface area contributed by atoms with Crippen molar-refractivity contribution in [3.05, 3.63) is 35.9 Å². The number of carbonyl (C=O) groups is 1. The van der Waals surface area contributed by atoms with E-state index in [-0.39, 0.29) is 11.9 Å². The molecule has 2 aromatic heterocycles. The summed E-state index contributed by atoms with van der Waals surface area (Å²) in [7, 11) is 0. The Balaban J connectivity index is 1.73. The van der Waals surface area contributed by atoms with Crippen molar-refractivity contribution in [1.82, 2.24) is 24.9 Å². The molecule has 0 spiro atoms. The normalized spacial score (nSPS) is 26.6. The first-order valence-electron chi connectivity index (χ1n) is 7.47. The molecule has 1 aliphatic heterocycles. The maximum Gasteiger partial charge on any atom is 0.275 e. The number of carbonyl (C=O) groups excluding carboxylic acids is 1.